The van der Waals surface area contributed by atoms with E-state index < -0.39 is 0 Å². The second kappa shape index (κ2) is 6.29. The summed E-state index contributed by atoms with van der Waals surface area (Å²) in [7, 11) is 3.85. The van der Waals surface area contributed by atoms with Crippen molar-refractivity contribution >= 4 is 27.5 Å². The summed E-state index contributed by atoms with van der Waals surface area (Å²) in [4.78, 5) is 0. The molecule has 108 valence electrons. The number of halogens is 2. The lowest BCUT2D eigenvalue weighted by atomic mass is 9.96. The molecule has 0 aliphatic heterocycles. The highest BCUT2D eigenvalue weighted by molar-refractivity contribution is 9.10. The fourth-order valence-corrected chi connectivity index (χ4v) is 3.23. The molecule has 1 atom stereocenters. The van der Waals surface area contributed by atoms with Crippen LogP contribution in [0.2, 0.25) is 5.15 Å². The summed E-state index contributed by atoms with van der Waals surface area (Å²) in [6.07, 6.45) is 0.831. The van der Waals surface area contributed by atoms with Crippen LogP contribution in [0.15, 0.2) is 22.7 Å². The summed E-state index contributed by atoms with van der Waals surface area (Å²) in [5.41, 5.74) is 4.65. The van der Waals surface area contributed by atoms with E-state index in [2.05, 4.69) is 51.5 Å². The van der Waals surface area contributed by atoms with Crippen molar-refractivity contribution in [3.05, 3.63) is 50.2 Å². The zero-order valence-corrected chi connectivity index (χ0v) is 14.5. The first-order valence-corrected chi connectivity index (χ1v) is 7.72. The van der Waals surface area contributed by atoms with Crippen LogP contribution < -0.4 is 5.32 Å². The zero-order valence-electron chi connectivity index (χ0n) is 12.2. The molecule has 0 radical (unpaired) electrons. The lowest BCUT2D eigenvalue weighted by Crippen LogP contribution is -2.20. The largest absolute Gasteiger partial charge is 0.313 e. The highest BCUT2D eigenvalue weighted by Crippen LogP contribution is 2.28. The predicted octanol–water partition coefficient (Wildman–Crippen LogP) is 3.96. The van der Waals surface area contributed by atoms with E-state index in [9.17, 15) is 0 Å². The Hall–Kier alpha value is -0.840. The van der Waals surface area contributed by atoms with E-state index in [-0.39, 0.29) is 6.04 Å². The van der Waals surface area contributed by atoms with Crippen LogP contribution in [-0.4, -0.2) is 16.8 Å². The molecule has 2 rings (SSSR count). The molecule has 0 amide bonds. The van der Waals surface area contributed by atoms with Crippen LogP contribution >= 0.6 is 27.5 Å². The van der Waals surface area contributed by atoms with Crippen molar-refractivity contribution in [2.24, 2.45) is 7.05 Å². The van der Waals surface area contributed by atoms with Gasteiger partial charge in [-0.2, -0.15) is 5.10 Å². The van der Waals surface area contributed by atoms with Crippen molar-refractivity contribution in [3.63, 3.8) is 0 Å². The van der Waals surface area contributed by atoms with Gasteiger partial charge in [0.2, 0.25) is 0 Å². The third-order valence-electron chi connectivity index (χ3n) is 3.63. The van der Waals surface area contributed by atoms with Crippen LogP contribution in [0.4, 0.5) is 0 Å². The number of nitrogens with zero attached hydrogens (tertiary/aromatic N) is 2. The molecule has 3 nitrogen and oxygen atoms in total. The lowest BCUT2D eigenvalue weighted by molar-refractivity contribution is 0.587. The van der Waals surface area contributed by atoms with Gasteiger partial charge in [-0.25, -0.2) is 0 Å². The number of aromatic nitrogens is 2. The molecule has 0 aliphatic rings. The first-order valence-electron chi connectivity index (χ1n) is 6.55. The maximum atomic E-state index is 6.33. The Bertz CT molecular complexity index is 622. The summed E-state index contributed by atoms with van der Waals surface area (Å²) < 4.78 is 2.83. The number of benzene rings is 1. The molecule has 0 saturated carbocycles. The Kier molecular flexibility index (Phi) is 4.89. The molecule has 0 saturated heterocycles. The van der Waals surface area contributed by atoms with E-state index in [1.54, 1.807) is 4.68 Å². The van der Waals surface area contributed by atoms with Crippen LogP contribution in [-0.2, 0) is 13.5 Å². The number of rotatable bonds is 4. The van der Waals surface area contributed by atoms with Crippen LogP contribution in [0.5, 0.6) is 0 Å². The van der Waals surface area contributed by atoms with Crippen molar-refractivity contribution < 1.29 is 0 Å². The van der Waals surface area contributed by atoms with Crippen LogP contribution in [0, 0.1) is 13.8 Å². The Labute approximate surface area is 133 Å². The van der Waals surface area contributed by atoms with Gasteiger partial charge in [0, 0.05) is 23.1 Å². The molecule has 2 aromatic rings. The molecule has 1 heterocycles. The SMILES string of the molecule is CNC(Cc1c(C)nn(C)c1Cl)c1ccc(Br)cc1C. The second-order valence-electron chi connectivity index (χ2n) is 5.02. The highest BCUT2D eigenvalue weighted by Gasteiger charge is 2.18. The summed E-state index contributed by atoms with van der Waals surface area (Å²) in [5, 5.41) is 8.48. The molecule has 1 aromatic carbocycles. The first kappa shape index (κ1) is 15.5. The van der Waals surface area contributed by atoms with E-state index in [0.29, 0.717) is 0 Å². The summed E-state index contributed by atoms with van der Waals surface area (Å²) in [6, 6.07) is 6.59. The molecule has 5 heteroatoms. The third-order valence-corrected chi connectivity index (χ3v) is 4.60. The van der Waals surface area contributed by atoms with Gasteiger partial charge in [0.15, 0.2) is 0 Å². The Morgan fingerprint density at radius 3 is 2.60 bits per heavy atom. The van der Waals surface area contributed by atoms with E-state index in [1.807, 2.05) is 21.0 Å². The van der Waals surface area contributed by atoms with Crippen molar-refractivity contribution in [1.29, 1.82) is 0 Å². The van der Waals surface area contributed by atoms with Crippen molar-refractivity contribution in [3.8, 4) is 0 Å². The maximum Gasteiger partial charge on any atom is 0.130 e. The van der Waals surface area contributed by atoms with Crippen molar-refractivity contribution in [1.82, 2.24) is 15.1 Å². The minimum Gasteiger partial charge on any atom is -0.313 e. The van der Waals surface area contributed by atoms with Gasteiger partial charge < -0.3 is 5.32 Å². The Morgan fingerprint density at radius 2 is 2.10 bits per heavy atom. The van der Waals surface area contributed by atoms with E-state index in [0.717, 1.165) is 27.3 Å². The number of nitrogens with one attached hydrogen (secondary N) is 1. The van der Waals surface area contributed by atoms with E-state index in [4.69, 9.17) is 11.6 Å². The van der Waals surface area contributed by atoms with Crippen molar-refractivity contribution in [2.75, 3.05) is 7.05 Å². The van der Waals surface area contributed by atoms with E-state index >= 15 is 0 Å². The minimum absolute atomic E-state index is 0.225. The van der Waals surface area contributed by atoms with Gasteiger partial charge in [0.1, 0.15) is 5.15 Å². The van der Waals surface area contributed by atoms with Gasteiger partial charge in [0.25, 0.3) is 0 Å². The minimum atomic E-state index is 0.225. The quantitative estimate of drug-likeness (QED) is 0.899. The number of aryl methyl sites for hydroxylation is 3. The monoisotopic (exact) mass is 355 g/mol. The normalized spacial score (nSPS) is 12.7. The van der Waals surface area contributed by atoms with Crippen LogP contribution in [0.3, 0.4) is 0 Å². The molecule has 0 spiro atoms. The Morgan fingerprint density at radius 1 is 1.40 bits per heavy atom. The second-order valence-corrected chi connectivity index (χ2v) is 6.30. The molecule has 0 bridgehead atoms. The van der Waals surface area contributed by atoms with Gasteiger partial charge in [0.05, 0.1) is 5.69 Å². The van der Waals surface area contributed by atoms with Gasteiger partial charge in [-0.05, 0) is 50.6 Å². The Balaban J connectivity index is 2.33. The van der Waals surface area contributed by atoms with Gasteiger partial charge in [-0.15, -0.1) is 0 Å². The average Bonchev–Trinajstić information content (AvgIpc) is 2.62. The van der Waals surface area contributed by atoms with Gasteiger partial charge >= 0.3 is 0 Å². The van der Waals surface area contributed by atoms with Crippen LogP contribution in [0.25, 0.3) is 0 Å². The fraction of sp³-hybridized carbons (Fsp3) is 0.400. The number of hydrogen-bond acceptors (Lipinski definition) is 2. The fourth-order valence-electron chi connectivity index (χ4n) is 2.51. The van der Waals surface area contributed by atoms with Crippen molar-refractivity contribution in [2.45, 2.75) is 26.3 Å². The number of hydrogen-bond donors (Lipinski definition) is 1. The van der Waals surface area contributed by atoms with Gasteiger partial charge in [-0.1, -0.05) is 33.6 Å². The van der Waals surface area contributed by atoms with Gasteiger partial charge in [-0.3, -0.25) is 4.68 Å². The first-order chi connectivity index (χ1) is 9.43. The molecular weight excluding hydrogens is 338 g/mol. The topological polar surface area (TPSA) is 29.9 Å². The molecule has 0 aliphatic carbocycles. The predicted molar refractivity (Wildman–Crippen MR) is 87.3 cm³/mol. The van der Waals surface area contributed by atoms with E-state index in [1.165, 1.54) is 11.1 Å². The molecule has 1 N–H and O–H groups in total. The third kappa shape index (κ3) is 3.08. The number of likely N-dealkylation sites (N-methyl/N-ethyl adjacent to an activating group) is 1. The highest BCUT2D eigenvalue weighted by atomic mass is 79.9. The molecular formula is C15H19BrClN3. The lowest BCUT2D eigenvalue weighted by Gasteiger charge is -2.19. The molecule has 1 aromatic heterocycles. The molecule has 20 heavy (non-hydrogen) atoms. The molecule has 0 fully saturated rings. The van der Waals surface area contributed by atoms with Crippen LogP contribution in [0.1, 0.15) is 28.4 Å². The molecule has 1 unspecified atom stereocenters. The summed E-state index contributed by atoms with van der Waals surface area (Å²) >= 11 is 9.84. The standard InChI is InChI=1S/C15H19BrClN3/c1-9-7-11(16)5-6-12(9)14(18-3)8-13-10(2)19-20(4)15(13)17/h5-7,14,18H,8H2,1-4H3. The average molecular weight is 357 g/mol. The zero-order chi connectivity index (χ0) is 14.9. The smallest absolute Gasteiger partial charge is 0.130 e. The summed E-state index contributed by atoms with van der Waals surface area (Å²) in [6.45, 7) is 4.13. The maximum absolute atomic E-state index is 6.33. The summed E-state index contributed by atoms with van der Waals surface area (Å²) in [5.74, 6) is 0.